The van der Waals surface area contributed by atoms with Crippen LogP contribution in [0.1, 0.15) is 13.3 Å². The minimum atomic E-state index is -3.02. The number of hydrogen-bond donors (Lipinski definition) is 0. The van der Waals surface area contributed by atoms with Crippen molar-refractivity contribution in [2.45, 2.75) is 19.4 Å². The Hall–Kier alpha value is -0.130. The average Bonchev–Trinajstić information content (AvgIpc) is 2.34. The van der Waals surface area contributed by atoms with Gasteiger partial charge in [-0.05, 0) is 20.0 Å². The Bertz CT molecular complexity index is 263. The zero-order valence-electron chi connectivity index (χ0n) is 8.52. The highest BCUT2D eigenvalue weighted by Gasteiger charge is 2.29. The van der Waals surface area contributed by atoms with Crippen LogP contribution in [0.4, 0.5) is 0 Å². The predicted octanol–water partition coefficient (Wildman–Crippen LogP) is -0.0280. The summed E-state index contributed by atoms with van der Waals surface area (Å²) >= 11 is 0. The molecule has 1 heterocycles. The maximum atomic E-state index is 11.4. The summed E-state index contributed by atoms with van der Waals surface area (Å²) < 4.78 is 24.3. The topological polar surface area (TPSA) is 40.6 Å². The first-order chi connectivity index (χ1) is 5.95. The van der Waals surface area contributed by atoms with Gasteiger partial charge in [0.25, 0.3) is 0 Å². The van der Waals surface area contributed by atoms with Crippen LogP contribution in [0.2, 0.25) is 0 Å². The molecule has 0 spiro atoms. The van der Waals surface area contributed by atoms with Gasteiger partial charge in [-0.3, -0.25) is 0 Å². The number of likely N-dealkylation sites (tertiary alicyclic amines) is 1. The zero-order valence-corrected chi connectivity index (χ0v) is 9.34. The van der Waals surface area contributed by atoms with Crippen molar-refractivity contribution in [2.24, 2.45) is 0 Å². The van der Waals surface area contributed by atoms with Gasteiger partial charge in [-0.1, -0.05) is 6.92 Å². The van der Waals surface area contributed by atoms with Crippen molar-refractivity contribution in [3.8, 4) is 0 Å². The summed E-state index contributed by atoms with van der Waals surface area (Å²) in [4.78, 5) is 2.17. The van der Waals surface area contributed by atoms with Gasteiger partial charge < -0.3 is 4.90 Å². The Morgan fingerprint density at radius 1 is 1.54 bits per heavy atom. The molecule has 0 saturated carbocycles. The summed E-state index contributed by atoms with van der Waals surface area (Å²) in [6.45, 7) is 4.33. The van der Waals surface area contributed by atoms with Gasteiger partial charge in [0.15, 0.2) is 0 Å². The van der Waals surface area contributed by atoms with Crippen LogP contribution in [0.25, 0.3) is 0 Å². The van der Waals surface area contributed by atoms with E-state index >= 15 is 0 Å². The summed E-state index contributed by atoms with van der Waals surface area (Å²) in [7, 11) is -0.991. The van der Waals surface area contributed by atoms with E-state index in [9.17, 15) is 8.42 Å². The largest absolute Gasteiger partial charge is 0.305 e. The van der Waals surface area contributed by atoms with Gasteiger partial charge >= 0.3 is 0 Å². The van der Waals surface area contributed by atoms with Crippen LogP contribution < -0.4 is 0 Å². The Labute approximate surface area is 80.6 Å². The molecule has 0 aromatic rings. The van der Waals surface area contributed by atoms with E-state index in [1.54, 1.807) is 4.31 Å². The first-order valence-corrected chi connectivity index (χ1v) is 6.45. The van der Waals surface area contributed by atoms with Gasteiger partial charge in [0.05, 0.1) is 6.26 Å². The fourth-order valence-corrected chi connectivity index (χ4v) is 3.09. The second kappa shape index (κ2) is 3.94. The van der Waals surface area contributed by atoms with Crippen molar-refractivity contribution >= 4 is 10.0 Å². The third-order valence-electron chi connectivity index (χ3n) is 2.51. The molecule has 1 aliphatic heterocycles. The molecule has 0 bridgehead atoms. The minimum Gasteiger partial charge on any atom is -0.305 e. The second-order valence-electron chi connectivity index (χ2n) is 3.67. The molecule has 13 heavy (non-hydrogen) atoms. The average molecular weight is 206 g/mol. The highest BCUT2D eigenvalue weighted by molar-refractivity contribution is 7.88. The number of hydrogen-bond acceptors (Lipinski definition) is 3. The molecule has 0 aromatic heterocycles. The van der Waals surface area contributed by atoms with Gasteiger partial charge in [-0.25, -0.2) is 8.42 Å². The highest BCUT2D eigenvalue weighted by Crippen LogP contribution is 2.16. The van der Waals surface area contributed by atoms with Gasteiger partial charge in [-0.2, -0.15) is 4.31 Å². The van der Waals surface area contributed by atoms with Crippen molar-refractivity contribution in [3.63, 3.8) is 0 Å². The number of likely N-dealkylation sites (N-methyl/N-ethyl adjacent to an activating group) is 2. The Kier molecular flexibility index (Phi) is 3.32. The summed E-state index contributed by atoms with van der Waals surface area (Å²) in [6.07, 6.45) is 2.24. The Morgan fingerprint density at radius 2 is 2.15 bits per heavy atom. The third-order valence-corrected chi connectivity index (χ3v) is 3.92. The van der Waals surface area contributed by atoms with Gasteiger partial charge in [0, 0.05) is 19.1 Å². The molecule has 4 nitrogen and oxygen atoms in total. The van der Waals surface area contributed by atoms with E-state index < -0.39 is 10.0 Å². The smallest absolute Gasteiger partial charge is 0.211 e. The lowest BCUT2D eigenvalue weighted by Crippen LogP contribution is -2.40. The fourth-order valence-electron chi connectivity index (χ4n) is 1.91. The molecule has 0 aromatic carbocycles. The van der Waals surface area contributed by atoms with Crippen molar-refractivity contribution < 1.29 is 8.42 Å². The molecule has 78 valence electrons. The molecule has 1 fully saturated rings. The lowest BCUT2D eigenvalue weighted by molar-refractivity contribution is 0.321. The standard InChI is InChI=1S/C8H18N2O2S/c1-4-10(13(3,11)12)8-5-6-9(2)7-8/h8H,4-7H2,1-3H3/t8-/m0/s1. The van der Waals surface area contributed by atoms with E-state index in [4.69, 9.17) is 0 Å². The SMILES string of the molecule is CCN([C@H]1CCN(C)C1)S(C)(=O)=O. The van der Waals surface area contributed by atoms with Crippen molar-refractivity contribution in [3.05, 3.63) is 0 Å². The quantitative estimate of drug-likeness (QED) is 0.651. The number of sulfonamides is 1. The molecule has 0 N–H and O–H groups in total. The van der Waals surface area contributed by atoms with Gasteiger partial charge in [0.2, 0.25) is 10.0 Å². The lowest BCUT2D eigenvalue weighted by atomic mass is 10.3. The summed E-state index contributed by atoms with van der Waals surface area (Å²) in [6, 6.07) is 0.185. The first-order valence-electron chi connectivity index (χ1n) is 4.60. The molecular formula is C8H18N2O2S. The van der Waals surface area contributed by atoms with Crippen molar-refractivity contribution in [1.29, 1.82) is 0 Å². The van der Waals surface area contributed by atoms with Crippen LogP contribution in [0, 0.1) is 0 Å². The summed E-state index contributed by atoms with van der Waals surface area (Å²) in [5, 5.41) is 0. The molecule has 5 heteroatoms. The van der Waals surface area contributed by atoms with Crippen molar-refractivity contribution in [2.75, 3.05) is 32.9 Å². The Morgan fingerprint density at radius 3 is 2.46 bits per heavy atom. The molecule has 0 radical (unpaired) electrons. The fraction of sp³-hybridized carbons (Fsp3) is 1.00. The first kappa shape index (κ1) is 10.9. The maximum Gasteiger partial charge on any atom is 0.211 e. The van der Waals surface area contributed by atoms with Crippen molar-refractivity contribution in [1.82, 2.24) is 9.21 Å². The maximum absolute atomic E-state index is 11.4. The molecule has 1 saturated heterocycles. The normalized spacial score (nSPS) is 25.7. The molecule has 0 unspecified atom stereocenters. The van der Waals surface area contributed by atoms with Crippen LogP contribution >= 0.6 is 0 Å². The van der Waals surface area contributed by atoms with Crippen LogP contribution in [0.5, 0.6) is 0 Å². The summed E-state index contributed by atoms with van der Waals surface area (Å²) in [5.74, 6) is 0. The van der Waals surface area contributed by atoms with E-state index in [0.29, 0.717) is 6.54 Å². The van der Waals surface area contributed by atoms with E-state index in [2.05, 4.69) is 4.90 Å². The van der Waals surface area contributed by atoms with E-state index in [0.717, 1.165) is 19.5 Å². The summed E-state index contributed by atoms with van der Waals surface area (Å²) in [5.41, 5.74) is 0. The van der Waals surface area contributed by atoms with Crippen LogP contribution in [-0.4, -0.2) is 56.6 Å². The molecule has 1 aliphatic rings. The highest BCUT2D eigenvalue weighted by atomic mass is 32.2. The van der Waals surface area contributed by atoms with Gasteiger partial charge in [-0.15, -0.1) is 0 Å². The lowest BCUT2D eigenvalue weighted by Gasteiger charge is -2.24. The van der Waals surface area contributed by atoms with Crippen LogP contribution in [0.3, 0.4) is 0 Å². The molecule has 1 rings (SSSR count). The minimum absolute atomic E-state index is 0.185. The van der Waals surface area contributed by atoms with E-state index in [1.807, 2.05) is 14.0 Å². The van der Waals surface area contributed by atoms with Crippen LogP contribution in [0.15, 0.2) is 0 Å². The van der Waals surface area contributed by atoms with Crippen LogP contribution in [-0.2, 0) is 10.0 Å². The predicted molar refractivity (Wildman–Crippen MR) is 53.1 cm³/mol. The molecular weight excluding hydrogens is 188 g/mol. The monoisotopic (exact) mass is 206 g/mol. The molecule has 0 aliphatic carbocycles. The van der Waals surface area contributed by atoms with Gasteiger partial charge in [0.1, 0.15) is 0 Å². The third kappa shape index (κ3) is 2.65. The second-order valence-corrected chi connectivity index (χ2v) is 5.61. The Balaban J connectivity index is 2.68. The van der Waals surface area contributed by atoms with E-state index in [-0.39, 0.29) is 6.04 Å². The molecule has 0 amide bonds. The van der Waals surface area contributed by atoms with E-state index in [1.165, 1.54) is 6.26 Å². The molecule has 1 atom stereocenters. The number of rotatable bonds is 3. The number of nitrogens with zero attached hydrogens (tertiary/aromatic N) is 2. The zero-order chi connectivity index (χ0) is 10.1.